The van der Waals surface area contributed by atoms with E-state index in [-0.39, 0.29) is 5.28 Å². The van der Waals surface area contributed by atoms with Crippen molar-refractivity contribution < 1.29 is 0 Å². The van der Waals surface area contributed by atoms with Gasteiger partial charge in [-0.1, -0.05) is 23.7 Å². The van der Waals surface area contributed by atoms with Crippen molar-refractivity contribution in [2.45, 2.75) is 6.42 Å². The lowest BCUT2D eigenvalue weighted by atomic mass is 10.1. The van der Waals surface area contributed by atoms with E-state index in [1.807, 2.05) is 55.8 Å². The Hall–Kier alpha value is -2.21. The number of rotatable bonds is 5. The van der Waals surface area contributed by atoms with Gasteiger partial charge in [0.25, 0.3) is 0 Å². The van der Waals surface area contributed by atoms with E-state index in [0.717, 1.165) is 40.1 Å². The van der Waals surface area contributed by atoms with E-state index in [1.54, 1.807) is 11.3 Å². The minimum absolute atomic E-state index is 0.262. The molecule has 4 rings (SSSR count). The molecule has 0 aliphatic carbocycles. The first-order valence-electron chi connectivity index (χ1n) is 8.42. The summed E-state index contributed by atoms with van der Waals surface area (Å²) in [5, 5.41) is 4.09. The Bertz CT molecular complexity index is 1060. The Kier molecular flexibility index (Phi) is 5.25. The third kappa shape index (κ3) is 3.90. The quantitative estimate of drug-likeness (QED) is 0.390. The number of pyridine rings is 1. The summed E-state index contributed by atoms with van der Waals surface area (Å²) in [5.41, 5.74) is 3.41. The molecule has 0 bridgehead atoms. The molecule has 0 N–H and O–H groups in total. The van der Waals surface area contributed by atoms with Crippen molar-refractivity contribution >= 4 is 50.6 Å². The Morgan fingerprint density at radius 2 is 1.74 bits per heavy atom. The first-order chi connectivity index (χ1) is 13.1. The number of anilines is 1. The molecule has 0 atom stereocenters. The van der Waals surface area contributed by atoms with Gasteiger partial charge in [-0.15, -0.1) is 11.3 Å². The van der Waals surface area contributed by atoms with Gasteiger partial charge in [0.15, 0.2) is 0 Å². The van der Waals surface area contributed by atoms with Crippen molar-refractivity contribution in [3.05, 3.63) is 70.0 Å². The van der Waals surface area contributed by atoms with Crippen molar-refractivity contribution in [1.82, 2.24) is 15.0 Å². The highest BCUT2D eigenvalue weighted by Gasteiger charge is 2.17. The predicted molar refractivity (Wildman–Crippen MR) is 114 cm³/mol. The van der Waals surface area contributed by atoms with Crippen LogP contribution in [0, 0.1) is 0 Å². The van der Waals surface area contributed by atoms with Crippen LogP contribution in [0.25, 0.3) is 21.3 Å². The third-order valence-electron chi connectivity index (χ3n) is 4.39. The third-order valence-corrected chi connectivity index (χ3v) is 5.68. The molecule has 0 spiro atoms. The molecule has 0 saturated carbocycles. The molecular weight excluding hydrogens is 399 g/mol. The second kappa shape index (κ2) is 7.80. The number of hydrogen-bond donors (Lipinski definition) is 0. The van der Waals surface area contributed by atoms with Crippen molar-refractivity contribution in [1.29, 1.82) is 0 Å². The molecule has 4 nitrogen and oxygen atoms in total. The van der Waals surface area contributed by atoms with Crippen molar-refractivity contribution in [3.63, 3.8) is 0 Å². The van der Waals surface area contributed by atoms with E-state index in [9.17, 15) is 0 Å². The fraction of sp³-hybridized carbons (Fsp3) is 0.150. The average molecular weight is 415 g/mol. The van der Waals surface area contributed by atoms with Crippen LogP contribution in [0.5, 0.6) is 0 Å². The highest BCUT2D eigenvalue weighted by molar-refractivity contribution is 7.17. The van der Waals surface area contributed by atoms with Gasteiger partial charge in [-0.05, 0) is 53.4 Å². The second-order valence-electron chi connectivity index (χ2n) is 6.18. The van der Waals surface area contributed by atoms with Crippen LogP contribution < -0.4 is 4.90 Å². The van der Waals surface area contributed by atoms with Crippen molar-refractivity contribution in [2.75, 3.05) is 18.5 Å². The van der Waals surface area contributed by atoms with Gasteiger partial charge < -0.3 is 4.90 Å². The molecule has 136 valence electrons. The standard InChI is InChI=1S/C20H16Cl2N4S/c1-26(11-8-13-6-9-23-10-7-13)18-17-16(14-2-4-15(21)5-3-14)12-27-19(17)25-20(22)24-18/h2-7,9-10,12H,8,11H2,1H3. The Morgan fingerprint density at radius 3 is 2.48 bits per heavy atom. The molecule has 0 unspecified atom stereocenters. The maximum Gasteiger partial charge on any atom is 0.225 e. The van der Waals surface area contributed by atoms with Gasteiger partial charge >= 0.3 is 0 Å². The number of likely N-dealkylation sites (N-methyl/N-ethyl adjacent to an activating group) is 1. The molecular formula is C20H16Cl2N4S. The Morgan fingerprint density at radius 1 is 1.00 bits per heavy atom. The van der Waals surface area contributed by atoms with Gasteiger partial charge in [-0.2, -0.15) is 4.98 Å². The monoisotopic (exact) mass is 414 g/mol. The lowest BCUT2D eigenvalue weighted by Gasteiger charge is -2.20. The molecule has 0 fully saturated rings. The molecule has 4 aromatic rings. The number of halogens is 2. The Labute approximate surface area is 171 Å². The van der Waals surface area contributed by atoms with Gasteiger partial charge in [0.05, 0.1) is 5.39 Å². The zero-order valence-electron chi connectivity index (χ0n) is 14.6. The van der Waals surface area contributed by atoms with E-state index in [2.05, 4.69) is 25.2 Å². The minimum atomic E-state index is 0.262. The normalized spacial score (nSPS) is 11.1. The highest BCUT2D eigenvalue weighted by atomic mass is 35.5. The summed E-state index contributed by atoms with van der Waals surface area (Å²) >= 11 is 13.8. The molecule has 3 aromatic heterocycles. The zero-order chi connectivity index (χ0) is 18.8. The van der Waals surface area contributed by atoms with Gasteiger partial charge in [-0.25, -0.2) is 4.98 Å². The van der Waals surface area contributed by atoms with E-state index in [1.165, 1.54) is 5.56 Å². The number of benzene rings is 1. The molecule has 1 aromatic carbocycles. The number of thiophene rings is 1. The minimum Gasteiger partial charge on any atom is -0.359 e. The molecule has 0 saturated heterocycles. The maximum absolute atomic E-state index is 6.19. The fourth-order valence-corrected chi connectivity index (χ4v) is 4.25. The smallest absolute Gasteiger partial charge is 0.225 e. The van der Waals surface area contributed by atoms with E-state index >= 15 is 0 Å². The maximum atomic E-state index is 6.19. The van der Waals surface area contributed by atoms with Crippen LogP contribution >= 0.6 is 34.5 Å². The van der Waals surface area contributed by atoms with Crippen LogP contribution in [0.1, 0.15) is 5.56 Å². The van der Waals surface area contributed by atoms with Gasteiger partial charge in [0.2, 0.25) is 5.28 Å². The topological polar surface area (TPSA) is 41.9 Å². The van der Waals surface area contributed by atoms with Crippen LogP contribution in [-0.4, -0.2) is 28.5 Å². The summed E-state index contributed by atoms with van der Waals surface area (Å²) in [6.45, 7) is 0.808. The second-order valence-corrected chi connectivity index (χ2v) is 7.81. The van der Waals surface area contributed by atoms with Gasteiger partial charge in [0.1, 0.15) is 10.6 Å². The van der Waals surface area contributed by atoms with Crippen LogP contribution in [0.15, 0.2) is 54.2 Å². The van der Waals surface area contributed by atoms with Crippen LogP contribution in [0.3, 0.4) is 0 Å². The molecule has 0 aliphatic heterocycles. The summed E-state index contributed by atoms with van der Waals surface area (Å²) < 4.78 is 0. The van der Waals surface area contributed by atoms with Gasteiger partial charge in [-0.3, -0.25) is 4.98 Å². The number of hydrogen-bond acceptors (Lipinski definition) is 5. The molecule has 7 heteroatoms. The summed E-state index contributed by atoms with van der Waals surface area (Å²) in [7, 11) is 2.03. The summed E-state index contributed by atoms with van der Waals surface area (Å²) in [5.74, 6) is 0.838. The molecule has 3 heterocycles. The Balaban J connectivity index is 1.72. The van der Waals surface area contributed by atoms with E-state index < -0.39 is 0 Å². The SMILES string of the molecule is CN(CCc1ccncc1)c1nc(Cl)nc2scc(-c3ccc(Cl)cc3)c12. The van der Waals surface area contributed by atoms with E-state index in [4.69, 9.17) is 23.2 Å². The molecule has 0 aliphatic rings. The summed E-state index contributed by atoms with van der Waals surface area (Å²) in [6.07, 6.45) is 4.52. The summed E-state index contributed by atoms with van der Waals surface area (Å²) in [4.78, 5) is 16.0. The molecule has 0 radical (unpaired) electrons. The number of nitrogens with zero attached hydrogens (tertiary/aromatic N) is 4. The van der Waals surface area contributed by atoms with Crippen molar-refractivity contribution in [2.24, 2.45) is 0 Å². The molecule has 0 amide bonds. The zero-order valence-corrected chi connectivity index (χ0v) is 16.9. The predicted octanol–water partition coefficient (Wildman–Crippen LogP) is 5.74. The van der Waals surface area contributed by atoms with Crippen LogP contribution in [0.4, 0.5) is 5.82 Å². The number of fused-ring (bicyclic) bond motifs is 1. The van der Waals surface area contributed by atoms with E-state index in [0.29, 0.717) is 5.02 Å². The first kappa shape index (κ1) is 18.2. The largest absolute Gasteiger partial charge is 0.359 e. The van der Waals surface area contributed by atoms with Gasteiger partial charge in [0, 0.05) is 42.0 Å². The van der Waals surface area contributed by atoms with Crippen LogP contribution in [0.2, 0.25) is 10.3 Å². The van der Waals surface area contributed by atoms with Crippen molar-refractivity contribution in [3.8, 4) is 11.1 Å². The summed E-state index contributed by atoms with van der Waals surface area (Å²) in [6, 6.07) is 11.9. The average Bonchev–Trinajstić information content (AvgIpc) is 3.10. The lowest BCUT2D eigenvalue weighted by Crippen LogP contribution is -2.22. The number of aromatic nitrogens is 3. The lowest BCUT2D eigenvalue weighted by molar-refractivity contribution is 0.861. The first-order valence-corrected chi connectivity index (χ1v) is 10.1. The van der Waals surface area contributed by atoms with Crippen LogP contribution in [-0.2, 0) is 6.42 Å². The molecule has 27 heavy (non-hydrogen) atoms. The fourth-order valence-electron chi connectivity index (χ4n) is 2.97. The highest BCUT2D eigenvalue weighted by Crippen LogP contribution is 2.39.